The molecule has 1 aliphatic carbocycles. The molecule has 0 aromatic heterocycles. The summed E-state index contributed by atoms with van der Waals surface area (Å²) in [4.78, 5) is 23.5. The van der Waals surface area contributed by atoms with Gasteiger partial charge in [-0.2, -0.15) is 0 Å². The van der Waals surface area contributed by atoms with E-state index < -0.39 is 6.04 Å². The maximum atomic E-state index is 11.9. The van der Waals surface area contributed by atoms with Gasteiger partial charge in [-0.25, -0.2) is 0 Å². The summed E-state index contributed by atoms with van der Waals surface area (Å²) in [5.74, 6) is 1.29. The van der Waals surface area contributed by atoms with Crippen LogP contribution in [-0.4, -0.2) is 24.6 Å². The number of amides is 2. The van der Waals surface area contributed by atoms with Crippen molar-refractivity contribution in [3.63, 3.8) is 0 Å². The number of benzene rings is 1. The van der Waals surface area contributed by atoms with E-state index in [0.717, 1.165) is 24.2 Å². The number of fused-ring (bicyclic) bond motifs is 1. The summed E-state index contributed by atoms with van der Waals surface area (Å²) in [5, 5.41) is 5.53. The Bertz CT molecular complexity index is 569. The van der Waals surface area contributed by atoms with Gasteiger partial charge >= 0.3 is 0 Å². The van der Waals surface area contributed by atoms with E-state index in [9.17, 15) is 9.59 Å². The zero-order valence-corrected chi connectivity index (χ0v) is 11.8. The van der Waals surface area contributed by atoms with Gasteiger partial charge in [0.05, 0.1) is 0 Å². The number of hydrogen-bond donors (Lipinski definition) is 2. The van der Waals surface area contributed by atoms with Crippen molar-refractivity contribution in [1.29, 1.82) is 0 Å². The summed E-state index contributed by atoms with van der Waals surface area (Å²) in [6, 6.07) is 5.02. The molecule has 1 fully saturated rings. The van der Waals surface area contributed by atoms with Gasteiger partial charge < -0.3 is 20.1 Å². The molecule has 1 atom stereocenters. The lowest BCUT2D eigenvalue weighted by Gasteiger charge is -2.14. The van der Waals surface area contributed by atoms with Gasteiger partial charge in [-0.3, -0.25) is 9.59 Å². The molecular weight excluding hydrogens is 272 g/mol. The van der Waals surface area contributed by atoms with E-state index in [2.05, 4.69) is 10.6 Å². The van der Waals surface area contributed by atoms with Crippen molar-refractivity contribution in [3.05, 3.63) is 23.8 Å². The van der Waals surface area contributed by atoms with Gasteiger partial charge in [0.2, 0.25) is 18.6 Å². The average Bonchev–Trinajstić information content (AvgIpc) is 3.23. The van der Waals surface area contributed by atoms with Crippen LogP contribution in [0.15, 0.2) is 18.2 Å². The van der Waals surface area contributed by atoms with Crippen molar-refractivity contribution in [3.8, 4) is 11.5 Å². The van der Waals surface area contributed by atoms with Gasteiger partial charge in [-0.15, -0.1) is 0 Å². The molecule has 2 amide bonds. The molecule has 1 aliphatic heterocycles. The van der Waals surface area contributed by atoms with E-state index in [1.54, 1.807) is 6.92 Å². The molecule has 1 aromatic rings. The molecule has 0 radical (unpaired) electrons. The molecule has 2 aliphatic rings. The quantitative estimate of drug-likeness (QED) is 0.846. The summed E-state index contributed by atoms with van der Waals surface area (Å²) in [7, 11) is 0. The van der Waals surface area contributed by atoms with Gasteiger partial charge in [0.15, 0.2) is 11.5 Å². The van der Waals surface area contributed by atoms with Crippen LogP contribution in [0.4, 0.5) is 0 Å². The highest BCUT2D eigenvalue weighted by molar-refractivity contribution is 5.89. The van der Waals surface area contributed by atoms with Gasteiger partial charge in [0.1, 0.15) is 6.04 Å². The zero-order chi connectivity index (χ0) is 14.8. The van der Waals surface area contributed by atoms with Crippen molar-refractivity contribution in [1.82, 2.24) is 10.6 Å². The molecule has 112 valence electrons. The summed E-state index contributed by atoms with van der Waals surface area (Å²) >= 11 is 0. The van der Waals surface area contributed by atoms with Crippen LogP contribution in [0.1, 0.15) is 25.3 Å². The van der Waals surface area contributed by atoms with Crippen molar-refractivity contribution in [2.45, 2.75) is 32.4 Å². The highest BCUT2D eigenvalue weighted by Gasteiger charge is 2.31. The van der Waals surface area contributed by atoms with Gasteiger partial charge in [0.25, 0.3) is 0 Å². The summed E-state index contributed by atoms with van der Waals surface area (Å²) < 4.78 is 10.5. The van der Waals surface area contributed by atoms with E-state index in [-0.39, 0.29) is 24.5 Å². The largest absolute Gasteiger partial charge is 0.454 e. The normalized spacial score (nSPS) is 17.2. The third kappa shape index (κ3) is 3.26. The van der Waals surface area contributed by atoms with E-state index >= 15 is 0 Å². The molecule has 6 nitrogen and oxygen atoms in total. The molecule has 1 aromatic carbocycles. The Kier molecular flexibility index (Phi) is 3.68. The number of rotatable bonds is 5. The first kappa shape index (κ1) is 13.7. The monoisotopic (exact) mass is 290 g/mol. The van der Waals surface area contributed by atoms with E-state index in [1.165, 1.54) is 0 Å². The number of ether oxygens (including phenoxy) is 2. The Morgan fingerprint density at radius 1 is 1.29 bits per heavy atom. The predicted molar refractivity (Wildman–Crippen MR) is 74.7 cm³/mol. The molecule has 0 spiro atoms. The van der Waals surface area contributed by atoms with Crippen LogP contribution in [0.5, 0.6) is 11.5 Å². The minimum Gasteiger partial charge on any atom is -0.454 e. The van der Waals surface area contributed by atoms with Crippen LogP contribution in [0.3, 0.4) is 0 Å². The van der Waals surface area contributed by atoms with Crippen LogP contribution < -0.4 is 20.1 Å². The van der Waals surface area contributed by atoms with Crippen LogP contribution in [-0.2, 0) is 16.1 Å². The van der Waals surface area contributed by atoms with Crippen molar-refractivity contribution >= 4 is 11.8 Å². The molecule has 21 heavy (non-hydrogen) atoms. The first-order valence-electron chi connectivity index (χ1n) is 7.10. The molecule has 1 saturated carbocycles. The Morgan fingerprint density at radius 3 is 2.81 bits per heavy atom. The molecule has 6 heteroatoms. The van der Waals surface area contributed by atoms with Gasteiger partial charge in [-0.1, -0.05) is 6.07 Å². The van der Waals surface area contributed by atoms with E-state index in [4.69, 9.17) is 9.47 Å². The molecule has 0 saturated heterocycles. The SMILES string of the molecule is C[C@@H](NC(=O)C1CC1)C(=O)NCc1ccc2c(c1)OCO2. The zero-order valence-electron chi connectivity index (χ0n) is 11.8. The maximum Gasteiger partial charge on any atom is 0.242 e. The molecule has 0 bridgehead atoms. The summed E-state index contributed by atoms with van der Waals surface area (Å²) in [5.41, 5.74) is 0.924. The van der Waals surface area contributed by atoms with E-state index in [1.807, 2.05) is 18.2 Å². The van der Waals surface area contributed by atoms with Gasteiger partial charge in [-0.05, 0) is 37.5 Å². The second-order valence-electron chi connectivity index (χ2n) is 5.41. The number of carbonyl (C=O) groups excluding carboxylic acids is 2. The summed E-state index contributed by atoms with van der Waals surface area (Å²) in [6.45, 7) is 2.31. The maximum absolute atomic E-state index is 11.9. The fourth-order valence-electron chi connectivity index (χ4n) is 2.14. The van der Waals surface area contributed by atoms with Crippen molar-refractivity contribution in [2.75, 3.05) is 6.79 Å². The Labute approximate surface area is 122 Å². The smallest absolute Gasteiger partial charge is 0.242 e. The number of nitrogens with one attached hydrogen (secondary N) is 2. The lowest BCUT2D eigenvalue weighted by molar-refractivity contribution is -0.129. The molecule has 0 unspecified atom stereocenters. The average molecular weight is 290 g/mol. The minimum absolute atomic E-state index is 0.0271. The summed E-state index contributed by atoms with van der Waals surface area (Å²) in [6.07, 6.45) is 1.86. The fourth-order valence-corrected chi connectivity index (χ4v) is 2.14. The molecule has 3 rings (SSSR count). The lowest BCUT2D eigenvalue weighted by atomic mass is 10.2. The number of hydrogen-bond acceptors (Lipinski definition) is 4. The van der Waals surface area contributed by atoms with Crippen molar-refractivity contribution in [2.24, 2.45) is 5.92 Å². The predicted octanol–water partition coefficient (Wildman–Crippen LogP) is 0.946. The Balaban J connectivity index is 1.49. The van der Waals surface area contributed by atoms with Crippen LogP contribution in [0, 0.1) is 5.92 Å². The first-order chi connectivity index (χ1) is 10.1. The minimum atomic E-state index is -0.521. The first-order valence-corrected chi connectivity index (χ1v) is 7.10. The second kappa shape index (κ2) is 5.63. The van der Waals surface area contributed by atoms with Crippen LogP contribution >= 0.6 is 0 Å². The Morgan fingerprint density at radius 2 is 2.05 bits per heavy atom. The van der Waals surface area contributed by atoms with Crippen LogP contribution in [0.2, 0.25) is 0 Å². The molecule has 1 heterocycles. The highest BCUT2D eigenvalue weighted by atomic mass is 16.7. The topological polar surface area (TPSA) is 76.7 Å². The van der Waals surface area contributed by atoms with Crippen molar-refractivity contribution < 1.29 is 19.1 Å². The molecular formula is C15H18N2O4. The fraction of sp³-hybridized carbons (Fsp3) is 0.467. The highest BCUT2D eigenvalue weighted by Crippen LogP contribution is 2.32. The Hall–Kier alpha value is -2.24. The van der Waals surface area contributed by atoms with E-state index in [0.29, 0.717) is 12.3 Å². The lowest BCUT2D eigenvalue weighted by Crippen LogP contribution is -2.45. The van der Waals surface area contributed by atoms with Crippen LogP contribution in [0.25, 0.3) is 0 Å². The molecule has 2 N–H and O–H groups in total. The third-order valence-corrected chi connectivity index (χ3v) is 3.60. The van der Waals surface area contributed by atoms with Gasteiger partial charge in [0, 0.05) is 12.5 Å². The standard InChI is InChI=1S/C15H18N2O4/c1-9(17-15(19)11-3-4-11)14(18)16-7-10-2-5-12-13(6-10)21-8-20-12/h2,5-6,9,11H,3-4,7-8H2,1H3,(H,16,18)(H,17,19)/t9-/m1/s1. The second-order valence-corrected chi connectivity index (χ2v) is 5.41. The third-order valence-electron chi connectivity index (χ3n) is 3.60. The number of carbonyl (C=O) groups is 2.